The van der Waals surface area contributed by atoms with Crippen molar-refractivity contribution in [3.05, 3.63) is 65.2 Å². The fourth-order valence-electron chi connectivity index (χ4n) is 1.24. The molecule has 2 rings (SSSR count). The van der Waals surface area contributed by atoms with Crippen LogP contribution in [0.4, 0.5) is 0 Å². The fraction of sp³-hybridized carbons (Fsp3) is 0.0769. The Morgan fingerprint density at radius 3 is 2.35 bits per heavy atom. The first kappa shape index (κ1) is 16.8. The van der Waals surface area contributed by atoms with Crippen molar-refractivity contribution in [2.75, 3.05) is 0 Å². The molecule has 0 saturated heterocycles. The Kier molecular flexibility index (Phi) is 8.69. The van der Waals surface area contributed by atoms with E-state index in [1.165, 1.54) is 0 Å². The summed E-state index contributed by atoms with van der Waals surface area (Å²) in [5.41, 5.74) is 1.11. The zero-order chi connectivity index (χ0) is 10.5. The van der Waals surface area contributed by atoms with Crippen molar-refractivity contribution in [2.24, 2.45) is 0 Å². The Bertz CT molecular complexity index is 436. The summed E-state index contributed by atoms with van der Waals surface area (Å²) in [5, 5.41) is 0.639. The van der Waals surface area contributed by atoms with E-state index >= 15 is 0 Å². The van der Waals surface area contributed by atoms with Crippen LogP contribution in [0.1, 0.15) is 5.56 Å². The summed E-state index contributed by atoms with van der Waals surface area (Å²) in [7, 11) is 0. The Labute approximate surface area is 133 Å². The van der Waals surface area contributed by atoms with Crippen molar-refractivity contribution in [2.45, 2.75) is 6.61 Å². The summed E-state index contributed by atoms with van der Waals surface area (Å²) >= 11 is 5.96. The van der Waals surface area contributed by atoms with Gasteiger partial charge in [-0.25, -0.2) is 0 Å². The predicted molar refractivity (Wildman–Crippen MR) is 66.8 cm³/mol. The van der Waals surface area contributed by atoms with Crippen LogP contribution in [0.2, 0.25) is 5.02 Å². The van der Waals surface area contributed by atoms with E-state index in [-0.39, 0.29) is 40.0 Å². The van der Waals surface area contributed by atoms with Gasteiger partial charge in [0.05, 0.1) is 11.6 Å². The third kappa shape index (κ3) is 5.30. The predicted octanol–water partition coefficient (Wildman–Crippen LogP) is 0.342. The molecule has 2 aromatic rings. The van der Waals surface area contributed by atoms with Crippen molar-refractivity contribution in [3.63, 3.8) is 0 Å². The molecule has 0 amide bonds. The van der Waals surface area contributed by atoms with Crippen molar-refractivity contribution in [1.29, 1.82) is 0 Å². The summed E-state index contributed by atoms with van der Waals surface area (Å²) < 4.78 is 5.58. The molecule has 17 heavy (non-hydrogen) atoms. The second-order valence-corrected chi connectivity index (χ2v) is 3.53. The minimum absolute atomic E-state index is 0. The SMILES string of the molecule is Clc1ccccc1OCc1cc[c-]cc1.[Br-].[Mg+2]. The van der Waals surface area contributed by atoms with Gasteiger partial charge in [-0.1, -0.05) is 23.7 Å². The van der Waals surface area contributed by atoms with Gasteiger partial charge in [-0.2, -0.15) is 30.3 Å². The Balaban J connectivity index is 0.00000128. The van der Waals surface area contributed by atoms with Gasteiger partial charge in [0.15, 0.2) is 0 Å². The Morgan fingerprint density at radius 1 is 1.06 bits per heavy atom. The summed E-state index contributed by atoms with van der Waals surface area (Å²) in [6.45, 7) is 0.526. The second kappa shape index (κ2) is 8.81. The van der Waals surface area contributed by atoms with E-state index in [9.17, 15) is 0 Å². The molecule has 0 fully saturated rings. The number of hydrogen-bond acceptors (Lipinski definition) is 1. The molecule has 0 aliphatic rings. The van der Waals surface area contributed by atoms with Gasteiger partial charge in [-0.15, -0.1) is 5.56 Å². The van der Waals surface area contributed by atoms with E-state index in [4.69, 9.17) is 16.3 Å². The van der Waals surface area contributed by atoms with Gasteiger partial charge in [0, 0.05) is 0 Å². The van der Waals surface area contributed by atoms with E-state index in [0.717, 1.165) is 5.56 Å². The maximum absolute atomic E-state index is 5.96. The molecule has 4 heteroatoms. The van der Waals surface area contributed by atoms with Crippen LogP contribution in [0, 0.1) is 6.07 Å². The van der Waals surface area contributed by atoms with Crippen molar-refractivity contribution in [1.82, 2.24) is 0 Å². The first-order valence-corrected chi connectivity index (χ1v) is 5.06. The maximum Gasteiger partial charge on any atom is 2.00 e. The normalized spacial score (nSPS) is 8.76. The van der Waals surface area contributed by atoms with Crippen LogP contribution < -0.4 is 21.7 Å². The van der Waals surface area contributed by atoms with Gasteiger partial charge in [0.1, 0.15) is 5.75 Å². The molecular formula is C13H10BrClMgO. The van der Waals surface area contributed by atoms with Gasteiger partial charge in [-0.3, -0.25) is 0 Å². The fourth-order valence-corrected chi connectivity index (χ4v) is 1.43. The third-order valence-electron chi connectivity index (χ3n) is 2.02. The summed E-state index contributed by atoms with van der Waals surface area (Å²) in [6, 6.07) is 18.1. The van der Waals surface area contributed by atoms with E-state index < -0.39 is 0 Å². The Hall–Kier alpha value is -0.224. The molecule has 0 unspecified atom stereocenters. The van der Waals surface area contributed by atoms with E-state index in [0.29, 0.717) is 17.4 Å². The number of para-hydroxylation sites is 1. The molecule has 0 atom stereocenters. The van der Waals surface area contributed by atoms with Crippen molar-refractivity contribution >= 4 is 34.7 Å². The second-order valence-electron chi connectivity index (χ2n) is 3.13. The average molecular weight is 322 g/mol. The van der Waals surface area contributed by atoms with Gasteiger partial charge in [-0.05, 0) is 12.1 Å². The standard InChI is InChI=1S/C13H10ClO.BrH.Mg/c14-12-8-4-5-9-13(12)15-10-11-6-2-1-3-7-11;;/h2-9H,10H2;1H;/q-1;;+2/p-1. The molecular weight excluding hydrogens is 312 g/mol. The van der Waals surface area contributed by atoms with E-state index in [1.54, 1.807) is 0 Å². The average Bonchev–Trinajstić information content (AvgIpc) is 2.29. The molecule has 0 bridgehead atoms. The van der Waals surface area contributed by atoms with Gasteiger partial charge in [0.2, 0.25) is 0 Å². The molecule has 0 spiro atoms. The zero-order valence-electron chi connectivity index (χ0n) is 9.20. The first-order valence-electron chi connectivity index (χ1n) is 4.68. The molecule has 0 aliphatic heterocycles. The smallest absolute Gasteiger partial charge is 1.00 e. The van der Waals surface area contributed by atoms with Crippen LogP contribution in [-0.2, 0) is 6.61 Å². The van der Waals surface area contributed by atoms with Gasteiger partial charge >= 0.3 is 23.1 Å². The van der Waals surface area contributed by atoms with Crippen molar-refractivity contribution < 1.29 is 21.7 Å². The van der Waals surface area contributed by atoms with E-state index in [1.807, 2.05) is 48.5 Å². The number of ether oxygens (including phenoxy) is 1. The topological polar surface area (TPSA) is 9.23 Å². The van der Waals surface area contributed by atoms with Crippen LogP contribution in [0.25, 0.3) is 0 Å². The number of halogens is 2. The number of rotatable bonds is 3. The number of benzene rings is 2. The van der Waals surface area contributed by atoms with Crippen molar-refractivity contribution in [3.8, 4) is 5.75 Å². The molecule has 1 nitrogen and oxygen atoms in total. The zero-order valence-corrected chi connectivity index (χ0v) is 13.0. The summed E-state index contributed by atoms with van der Waals surface area (Å²) in [4.78, 5) is 0. The summed E-state index contributed by atoms with van der Waals surface area (Å²) in [6.07, 6.45) is 0. The Morgan fingerprint density at radius 2 is 1.71 bits per heavy atom. The van der Waals surface area contributed by atoms with Crippen LogP contribution in [-0.4, -0.2) is 23.1 Å². The molecule has 0 heterocycles. The minimum atomic E-state index is 0. The quantitative estimate of drug-likeness (QED) is 0.585. The van der Waals surface area contributed by atoms with Crippen LogP contribution in [0.5, 0.6) is 5.75 Å². The maximum atomic E-state index is 5.96. The molecule has 2 aromatic carbocycles. The third-order valence-corrected chi connectivity index (χ3v) is 2.33. The molecule has 0 N–H and O–H groups in total. The minimum Gasteiger partial charge on any atom is -1.00 e. The molecule has 0 aliphatic carbocycles. The molecule has 84 valence electrons. The van der Waals surface area contributed by atoms with Gasteiger partial charge < -0.3 is 21.7 Å². The van der Waals surface area contributed by atoms with E-state index in [2.05, 4.69) is 6.07 Å². The van der Waals surface area contributed by atoms with Crippen LogP contribution in [0.3, 0.4) is 0 Å². The van der Waals surface area contributed by atoms with Crippen LogP contribution >= 0.6 is 11.6 Å². The molecule has 0 radical (unpaired) electrons. The number of hydrogen-bond donors (Lipinski definition) is 0. The summed E-state index contributed by atoms with van der Waals surface area (Å²) in [5.74, 6) is 0.715. The molecule has 0 saturated carbocycles. The first-order chi connectivity index (χ1) is 7.36. The largest absolute Gasteiger partial charge is 2.00 e. The molecule has 0 aromatic heterocycles. The van der Waals surface area contributed by atoms with Crippen LogP contribution in [0.15, 0.2) is 48.5 Å². The van der Waals surface area contributed by atoms with Gasteiger partial charge in [0.25, 0.3) is 0 Å². The monoisotopic (exact) mass is 320 g/mol.